The van der Waals surface area contributed by atoms with E-state index in [0.717, 1.165) is 11.8 Å². The van der Waals surface area contributed by atoms with Crippen molar-refractivity contribution >= 4 is 11.6 Å². The SMILES string of the molecule is CC(C)(CC(=O)CC1(CC(=O)c2cc(-c3ccc(F)cc3F)on2)CN(C2CCCCC2(F)F)C1)c1ccccn1. The summed E-state index contributed by atoms with van der Waals surface area (Å²) >= 11 is 0. The van der Waals surface area contributed by atoms with Crippen LogP contribution in [0.15, 0.2) is 53.2 Å². The van der Waals surface area contributed by atoms with Gasteiger partial charge in [0.25, 0.3) is 5.92 Å². The van der Waals surface area contributed by atoms with Crippen LogP contribution in [0, 0.1) is 17.0 Å². The van der Waals surface area contributed by atoms with Gasteiger partial charge in [0.2, 0.25) is 0 Å². The lowest BCUT2D eigenvalue weighted by Crippen LogP contribution is -2.65. The Bertz CT molecular complexity index is 1420. The number of Topliss-reactive ketones (excluding diaryl/α,β-unsaturated/α-hetero) is 2. The fraction of sp³-hybridized carbons (Fsp3) is 0.484. The molecule has 2 aromatic heterocycles. The zero-order valence-corrected chi connectivity index (χ0v) is 23.1. The molecular formula is C31H33F4N3O3. The first-order chi connectivity index (χ1) is 19.4. The first kappa shape index (κ1) is 29.1. The van der Waals surface area contributed by atoms with Gasteiger partial charge in [-0.25, -0.2) is 17.6 Å². The van der Waals surface area contributed by atoms with Gasteiger partial charge in [-0.2, -0.15) is 0 Å². The second kappa shape index (κ2) is 11.1. The Morgan fingerprint density at radius 2 is 1.85 bits per heavy atom. The zero-order valence-electron chi connectivity index (χ0n) is 23.1. The molecule has 5 rings (SSSR count). The third kappa shape index (κ3) is 6.27. The van der Waals surface area contributed by atoms with Gasteiger partial charge < -0.3 is 4.52 Å². The lowest BCUT2D eigenvalue weighted by molar-refractivity contribution is -0.157. The second-order valence-corrected chi connectivity index (χ2v) is 12.2. The lowest BCUT2D eigenvalue weighted by atomic mass is 9.68. The molecule has 2 aliphatic rings. The highest BCUT2D eigenvalue weighted by Gasteiger charge is 2.54. The monoisotopic (exact) mass is 571 g/mol. The molecule has 1 saturated carbocycles. The van der Waals surface area contributed by atoms with Crippen molar-refractivity contribution in [2.45, 2.75) is 76.2 Å². The van der Waals surface area contributed by atoms with Crippen molar-refractivity contribution < 1.29 is 31.7 Å². The van der Waals surface area contributed by atoms with Crippen LogP contribution in [0.2, 0.25) is 0 Å². The summed E-state index contributed by atoms with van der Waals surface area (Å²) in [6, 6.07) is 8.84. The maximum absolute atomic E-state index is 14.8. The van der Waals surface area contributed by atoms with E-state index in [1.165, 1.54) is 12.1 Å². The normalized spacial score (nSPS) is 20.4. The molecule has 3 heterocycles. The molecule has 3 aromatic rings. The van der Waals surface area contributed by atoms with E-state index in [-0.39, 0.29) is 61.6 Å². The number of pyridine rings is 1. The van der Waals surface area contributed by atoms with Crippen LogP contribution in [0.25, 0.3) is 11.3 Å². The summed E-state index contributed by atoms with van der Waals surface area (Å²) in [7, 11) is 0. The van der Waals surface area contributed by atoms with Gasteiger partial charge >= 0.3 is 0 Å². The number of halogens is 4. The van der Waals surface area contributed by atoms with Crippen molar-refractivity contribution in [3.05, 3.63) is 71.7 Å². The Morgan fingerprint density at radius 1 is 1.07 bits per heavy atom. The highest BCUT2D eigenvalue weighted by Crippen LogP contribution is 2.46. The number of aromatic nitrogens is 2. The molecule has 41 heavy (non-hydrogen) atoms. The number of carbonyl (C=O) groups excluding carboxylic acids is 2. The molecule has 2 fully saturated rings. The molecule has 0 amide bonds. The number of rotatable bonds is 10. The maximum Gasteiger partial charge on any atom is 0.263 e. The van der Waals surface area contributed by atoms with Gasteiger partial charge in [0.1, 0.15) is 23.1 Å². The minimum absolute atomic E-state index is 0.0369. The molecule has 1 atom stereocenters. The highest BCUT2D eigenvalue weighted by atomic mass is 19.3. The Morgan fingerprint density at radius 3 is 2.54 bits per heavy atom. The molecular weight excluding hydrogens is 538 g/mol. The van der Waals surface area contributed by atoms with Crippen LogP contribution >= 0.6 is 0 Å². The molecule has 1 aliphatic carbocycles. The predicted octanol–water partition coefficient (Wildman–Crippen LogP) is 6.79. The average Bonchev–Trinajstić information content (AvgIpc) is 3.37. The Labute approximate surface area is 236 Å². The number of nitrogens with zero attached hydrogens (tertiary/aromatic N) is 3. The van der Waals surface area contributed by atoms with E-state index in [2.05, 4.69) is 10.1 Å². The highest BCUT2D eigenvalue weighted by molar-refractivity contribution is 5.96. The number of alkyl halides is 2. The Balaban J connectivity index is 1.34. The molecule has 218 valence electrons. The maximum atomic E-state index is 14.8. The average molecular weight is 572 g/mol. The van der Waals surface area contributed by atoms with Crippen LogP contribution in [0.4, 0.5) is 17.6 Å². The van der Waals surface area contributed by atoms with Crippen molar-refractivity contribution in [2.24, 2.45) is 5.41 Å². The van der Waals surface area contributed by atoms with Gasteiger partial charge in [0.05, 0.1) is 11.6 Å². The van der Waals surface area contributed by atoms with E-state index in [9.17, 15) is 27.2 Å². The summed E-state index contributed by atoms with van der Waals surface area (Å²) in [6.07, 6.45) is 3.17. The van der Waals surface area contributed by atoms with Crippen LogP contribution in [-0.2, 0) is 10.2 Å². The van der Waals surface area contributed by atoms with Gasteiger partial charge in [-0.15, -0.1) is 0 Å². The standard InChI is InChI=1S/C31H33F4N3O3/c1-29(2,27-7-4-6-12-36-27)15-21(39)16-30(18-38(19-30)28-8-3-5-11-31(28,34)35)17-25(40)24-14-26(41-37-24)22-10-9-20(32)13-23(22)33/h4,6-7,9-10,12-14,28H,3,5,8,11,15-19H2,1-2H3. The van der Waals surface area contributed by atoms with E-state index in [1.807, 2.05) is 26.0 Å². The van der Waals surface area contributed by atoms with E-state index >= 15 is 0 Å². The van der Waals surface area contributed by atoms with Crippen molar-refractivity contribution in [3.63, 3.8) is 0 Å². The molecule has 6 nitrogen and oxygen atoms in total. The molecule has 0 radical (unpaired) electrons. The second-order valence-electron chi connectivity index (χ2n) is 12.2. The van der Waals surface area contributed by atoms with E-state index < -0.39 is 40.2 Å². The predicted molar refractivity (Wildman–Crippen MR) is 144 cm³/mol. The molecule has 0 bridgehead atoms. The van der Waals surface area contributed by atoms with E-state index in [1.54, 1.807) is 17.2 Å². The molecule has 10 heteroatoms. The van der Waals surface area contributed by atoms with E-state index in [0.29, 0.717) is 25.3 Å². The topological polar surface area (TPSA) is 76.3 Å². The summed E-state index contributed by atoms with van der Waals surface area (Å²) in [6.45, 7) is 4.22. The third-order valence-electron chi connectivity index (χ3n) is 8.34. The Kier molecular flexibility index (Phi) is 7.89. The summed E-state index contributed by atoms with van der Waals surface area (Å²) in [5, 5.41) is 3.80. The van der Waals surface area contributed by atoms with Crippen LogP contribution in [0.5, 0.6) is 0 Å². The number of likely N-dealkylation sites (tertiary alicyclic amines) is 1. The number of benzene rings is 1. The van der Waals surface area contributed by atoms with Crippen LogP contribution in [-0.4, -0.2) is 51.7 Å². The summed E-state index contributed by atoms with van der Waals surface area (Å²) in [5.41, 5.74) is -0.746. The third-order valence-corrected chi connectivity index (χ3v) is 8.34. The quantitative estimate of drug-likeness (QED) is 0.197. The van der Waals surface area contributed by atoms with Crippen LogP contribution in [0.3, 0.4) is 0 Å². The number of hydrogen-bond acceptors (Lipinski definition) is 6. The van der Waals surface area contributed by atoms with E-state index in [4.69, 9.17) is 4.52 Å². The molecule has 1 aliphatic heterocycles. The number of ketones is 2. The largest absolute Gasteiger partial charge is 0.355 e. The van der Waals surface area contributed by atoms with Crippen LogP contribution < -0.4 is 0 Å². The summed E-state index contributed by atoms with van der Waals surface area (Å²) < 4.78 is 62.3. The first-order valence-electron chi connectivity index (χ1n) is 13.9. The first-order valence-corrected chi connectivity index (χ1v) is 13.9. The minimum Gasteiger partial charge on any atom is -0.355 e. The minimum atomic E-state index is -2.82. The van der Waals surface area contributed by atoms with Crippen molar-refractivity contribution in [2.75, 3.05) is 13.1 Å². The molecule has 0 N–H and O–H groups in total. The number of hydrogen-bond donors (Lipinski definition) is 0. The zero-order chi connectivity index (χ0) is 29.4. The van der Waals surface area contributed by atoms with Gasteiger partial charge in [0.15, 0.2) is 11.5 Å². The lowest BCUT2D eigenvalue weighted by Gasteiger charge is -2.55. The van der Waals surface area contributed by atoms with Gasteiger partial charge in [-0.05, 0) is 37.1 Å². The van der Waals surface area contributed by atoms with Gasteiger partial charge in [-0.1, -0.05) is 31.5 Å². The fourth-order valence-electron chi connectivity index (χ4n) is 6.33. The number of carbonyl (C=O) groups is 2. The smallest absolute Gasteiger partial charge is 0.263 e. The molecule has 1 aromatic carbocycles. The van der Waals surface area contributed by atoms with Crippen molar-refractivity contribution in [3.8, 4) is 11.3 Å². The van der Waals surface area contributed by atoms with Crippen molar-refractivity contribution in [1.29, 1.82) is 0 Å². The summed E-state index contributed by atoms with van der Waals surface area (Å²) in [4.78, 5) is 32.9. The van der Waals surface area contributed by atoms with Gasteiger partial charge in [0, 0.05) is 73.6 Å². The van der Waals surface area contributed by atoms with Gasteiger partial charge in [-0.3, -0.25) is 19.5 Å². The molecule has 0 spiro atoms. The van der Waals surface area contributed by atoms with Crippen molar-refractivity contribution in [1.82, 2.24) is 15.0 Å². The van der Waals surface area contributed by atoms with Crippen LogP contribution in [0.1, 0.15) is 75.0 Å². The molecule has 1 saturated heterocycles. The fourth-order valence-corrected chi connectivity index (χ4v) is 6.33. The summed E-state index contributed by atoms with van der Waals surface area (Å²) in [5.74, 6) is -4.99. The Hall–Kier alpha value is -3.40. The molecule has 1 unspecified atom stereocenters.